The van der Waals surface area contributed by atoms with Gasteiger partial charge in [0.05, 0.1) is 16.8 Å². The Labute approximate surface area is 201 Å². The lowest BCUT2D eigenvalue weighted by Gasteiger charge is -2.28. The van der Waals surface area contributed by atoms with Crippen LogP contribution in [0.2, 0.25) is 0 Å². The number of nitrogens with one attached hydrogen (secondary N) is 2. The third-order valence-electron chi connectivity index (χ3n) is 4.63. The number of anilines is 3. The van der Waals surface area contributed by atoms with Gasteiger partial charge >= 0.3 is 0 Å². The normalized spacial score (nSPS) is 12.6. The molecule has 3 rings (SSSR count). The second-order valence-corrected chi connectivity index (χ2v) is 11.7. The first-order chi connectivity index (χ1) is 15.5. The van der Waals surface area contributed by atoms with Crippen molar-refractivity contribution in [3.8, 4) is 0 Å². The van der Waals surface area contributed by atoms with E-state index in [2.05, 4.69) is 26.0 Å². The molecule has 8 nitrogen and oxygen atoms in total. The Morgan fingerprint density at radius 1 is 0.848 bits per heavy atom. The van der Waals surface area contributed by atoms with E-state index in [9.17, 15) is 21.6 Å². The Kier molecular flexibility index (Phi) is 7.45. The van der Waals surface area contributed by atoms with E-state index in [-0.39, 0.29) is 4.90 Å². The first kappa shape index (κ1) is 24.7. The average Bonchev–Trinajstić information content (AvgIpc) is 2.75. The van der Waals surface area contributed by atoms with Crippen LogP contribution in [-0.2, 0) is 24.8 Å². The van der Waals surface area contributed by atoms with Gasteiger partial charge < -0.3 is 5.32 Å². The quantitative estimate of drug-likeness (QED) is 0.438. The summed E-state index contributed by atoms with van der Waals surface area (Å²) in [5.41, 5.74) is 1.10. The van der Waals surface area contributed by atoms with Gasteiger partial charge in [0.25, 0.3) is 10.0 Å². The SMILES string of the molecule is C[C@@H](C(=O)Nc1ccc(S(=O)(=O)Nc2ccc(Br)cc2)cc1)N(c1ccccc1)S(C)(=O)=O. The molecule has 0 aromatic heterocycles. The molecule has 0 aliphatic heterocycles. The first-order valence-corrected chi connectivity index (χ1v) is 13.8. The van der Waals surface area contributed by atoms with Crippen LogP contribution in [0.5, 0.6) is 0 Å². The van der Waals surface area contributed by atoms with Crippen LogP contribution in [0, 0.1) is 0 Å². The number of carbonyl (C=O) groups excluding carboxylic acids is 1. The minimum Gasteiger partial charge on any atom is -0.324 e. The molecule has 0 bridgehead atoms. The van der Waals surface area contributed by atoms with E-state index in [1.807, 2.05) is 0 Å². The fourth-order valence-electron chi connectivity index (χ4n) is 3.08. The lowest BCUT2D eigenvalue weighted by Crippen LogP contribution is -2.45. The van der Waals surface area contributed by atoms with Gasteiger partial charge in [-0.3, -0.25) is 13.8 Å². The van der Waals surface area contributed by atoms with E-state index in [0.717, 1.165) is 15.0 Å². The number of carbonyl (C=O) groups is 1. The minimum atomic E-state index is -3.82. The van der Waals surface area contributed by atoms with Crippen LogP contribution in [0.25, 0.3) is 0 Å². The Bertz CT molecular complexity index is 1330. The zero-order valence-electron chi connectivity index (χ0n) is 17.8. The smallest absolute Gasteiger partial charge is 0.261 e. The van der Waals surface area contributed by atoms with Gasteiger partial charge in [-0.05, 0) is 67.6 Å². The van der Waals surface area contributed by atoms with Gasteiger partial charge in [0.2, 0.25) is 15.9 Å². The maximum atomic E-state index is 12.8. The van der Waals surface area contributed by atoms with Crippen molar-refractivity contribution >= 4 is 58.9 Å². The molecule has 0 fully saturated rings. The van der Waals surface area contributed by atoms with Gasteiger partial charge in [0, 0.05) is 15.8 Å². The zero-order valence-corrected chi connectivity index (χ0v) is 21.0. The number of hydrogen-bond donors (Lipinski definition) is 2. The predicted octanol–water partition coefficient (Wildman–Crippen LogP) is 4.04. The number of benzene rings is 3. The Morgan fingerprint density at radius 2 is 1.39 bits per heavy atom. The topological polar surface area (TPSA) is 113 Å². The molecule has 0 heterocycles. The number of rotatable bonds is 8. The highest BCUT2D eigenvalue weighted by Crippen LogP contribution is 2.23. The fraction of sp³-hybridized carbons (Fsp3) is 0.136. The number of para-hydroxylation sites is 1. The third-order valence-corrected chi connectivity index (χ3v) is 7.80. The van der Waals surface area contributed by atoms with Gasteiger partial charge in [-0.25, -0.2) is 16.8 Å². The van der Waals surface area contributed by atoms with Crippen LogP contribution in [-0.4, -0.2) is 35.0 Å². The standard InChI is InChI=1S/C22H22BrN3O5S2/c1-16(26(32(2,28)29)20-6-4-3-5-7-20)22(27)24-18-12-14-21(15-13-18)33(30,31)25-19-10-8-17(23)9-11-19/h3-16,25H,1-2H3,(H,24,27)/t16-/m0/s1. The van der Waals surface area contributed by atoms with Crippen LogP contribution < -0.4 is 14.3 Å². The fourth-order valence-corrected chi connectivity index (χ4v) is 5.58. The summed E-state index contributed by atoms with van der Waals surface area (Å²) in [5, 5.41) is 2.63. The number of halogens is 1. The summed E-state index contributed by atoms with van der Waals surface area (Å²) >= 11 is 3.29. The lowest BCUT2D eigenvalue weighted by atomic mass is 10.2. The molecular weight excluding hydrogens is 530 g/mol. The Morgan fingerprint density at radius 3 is 1.94 bits per heavy atom. The van der Waals surface area contributed by atoms with Crippen LogP contribution >= 0.6 is 15.9 Å². The maximum Gasteiger partial charge on any atom is 0.261 e. The molecule has 0 spiro atoms. The molecule has 11 heteroatoms. The number of hydrogen-bond acceptors (Lipinski definition) is 5. The van der Waals surface area contributed by atoms with E-state index in [4.69, 9.17) is 0 Å². The highest BCUT2D eigenvalue weighted by atomic mass is 79.9. The predicted molar refractivity (Wildman–Crippen MR) is 133 cm³/mol. The zero-order chi connectivity index (χ0) is 24.2. The molecule has 2 N–H and O–H groups in total. The van der Waals surface area contributed by atoms with Crippen molar-refractivity contribution in [2.24, 2.45) is 0 Å². The molecule has 33 heavy (non-hydrogen) atoms. The molecule has 0 aliphatic carbocycles. The molecule has 1 atom stereocenters. The van der Waals surface area contributed by atoms with Crippen molar-refractivity contribution in [2.45, 2.75) is 17.9 Å². The summed E-state index contributed by atoms with van der Waals surface area (Å²) in [6.07, 6.45) is 1.03. The Hall–Kier alpha value is -2.89. The van der Waals surface area contributed by atoms with Gasteiger partial charge in [-0.2, -0.15) is 0 Å². The highest BCUT2D eigenvalue weighted by molar-refractivity contribution is 9.10. The van der Waals surface area contributed by atoms with Gasteiger partial charge in [-0.15, -0.1) is 0 Å². The highest BCUT2D eigenvalue weighted by Gasteiger charge is 2.29. The molecule has 0 unspecified atom stereocenters. The summed E-state index contributed by atoms with van der Waals surface area (Å²) in [6, 6.07) is 19.5. The molecular formula is C22H22BrN3O5S2. The molecule has 3 aromatic carbocycles. The van der Waals surface area contributed by atoms with E-state index >= 15 is 0 Å². The number of amides is 1. The van der Waals surface area contributed by atoms with Crippen molar-refractivity contribution in [3.05, 3.63) is 83.3 Å². The molecule has 0 aliphatic rings. The van der Waals surface area contributed by atoms with Crippen LogP contribution in [0.15, 0.2) is 88.2 Å². The maximum absolute atomic E-state index is 12.8. The van der Waals surface area contributed by atoms with Crippen LogP contribution in [0.4, 0.5) is 17.1 Å². The average molecular weight is 552 g/mol. The molecule has 0 saturated carbocycles. The van der Waals surface area contributed by atoms with E-state index in [0.29, 0.717) is 17.1 Å². The van der Waals surface area contributed by atoms with Gasteiger partial charge in [0.1, 0.15) is 6.04 Å². The lowest BCUT2D eigenvalue weighted by molar-refractivity contribution is -0.116. The Balaban J connectivity index is 1.74. The molecule has 3 aromatic rings. The second-order valence-electron chi connectivity index (χ2n) is 7.20. The first-order valence-electron chi connectivity index (χ1n) is 9.71. The third kappa shape index (κ3) is 6.34. The molecule has 1 amide bonds. The van der Waals surface area contributed by atoms with E-state index in [1.165, 1.54) is 31.2 Å². The van der Waals surface area contributed by atoms with Gasteiger partial charge in [0.15, 0.2) is 0 Å². The van der Waals surface area contributed by atoms with Crippen molar-refractivity contribution in [3.63, 3.8) is 0 Å². The molecule has 0 saturated heterocycles. The van der Waals surface area contributed by atoms with Gasteiger partial charge in [-0.1, -0.05) is 34.1 Å². The van der Waals surface area contributed by atoms with Crippen molar-refractivity contribution < 1.29 is 21.6 Å². The minimum absolute atomic E-state index is 0.0125. The summed E-state index contributed by atoms with van der Waals surface area (Å²) in [6.45, 7) is 1.48. The van der Waals surface area contributed by atoms with Crippen molar-refractivity contribution in [2.75, 3.05) is 20.6 Å². The molecule has 174 valence electrons. The van der Waals surface area contributed by atoms with E-state index in [1.54, 1.807) is 54.6 Å². The van der Waals surface area contributed by atoms with E-state index < -0.39 is 32.0 Å². The van der Waals surface area contributed by atoms with Crippen molar-refractivity contribution in [1.29, 1.82) is 0 Å². The summed E-state index contributed by atoms with van der Waals surface area (Å²) < 4.78 is 54.2. The van der Waals surface area contributed by atoms with Crippen molar-refractivity contribution in [1.82, 2.24) is 0 Å². The second kappa shape index (κ2) is 9.94. The summed E-state index contributed by atoms with van der Waals surface area (Å²) in [7, 11) is -7.55. The molecule has 0 radical (unpaired) electrons. The van der Waals surface area contributed by atoms with Crippen LogP contribution in [0.3, 0.4) is 0 Å². The number of nitrogens with zero attached hydrogens (tertiary/aromatic N) is 1. The monoisotopic (exact) mass is 551 g/mol. The largest absolute Gasteiger partial charge is 0.324 e. The number of sulfonamides is 2. The van der Waals surface area contributed by atoms with Crippen LogP contribution in [0.1, 0.15) is 6.92 Å². The summed E-state index contributed by atoms with van der Waals surface area (Å²) in [4.78, 5) is 12.8. The summed E-state index contributed by atoms with van der Waals surface area (Å²) in [5.74, 6) is -0.562.